The number of aliphatic hydroxyl groups is 1. The molecule has 0 atom stereocenters. The van der Waals surface area contributed by atoms with E-state index in [1.165, 1.54) is 30.5 Å². The molecule has 1 aliphatic heterocycles. The summed E-state index contributed by atoms with van der Waals surface area (Å²) in [7, 11) is -2.67. The van der Waals surface area contributed by atoms with Gasteiger partial charge in [0.15, 0.2) is 16.6 Å². The minimum absolute atomic E-state index is 0. The highest BCUT2D eigenvalue weighted by molar-refractivity contribution is 7.89. The van der Waals surface area contributed by atoms with E-state index in [0.29, 0.717) is 5.13 Å². The summed E-state index contributed by atoms with van der Waals surface area (Å²) in [5, 5.41) is 13.2. The van der Waals surface area contributed by atoms with Crippen molar-refractivity contribution in [1.29, 1.82) is 0 Å². The van der Waals surface area contributed by atoms with E-state index in [1.54, 1.807) is 18.3 Å². The van der Waals surface area contributed by atoms with Crippen molar-refractivity contribution in [3.8, 4) is 0 Å². The number of carbonyl (C=O) groups excluding carboxylic acids is 1. The first-order chi connectivity index (χ1) is 10.8. The average molecular weight is 352 g/mol. The first-order valence-electron chi connectivity index (χ1n) is 6.57. The third kappa shape index (κ3) is 2.47. The molecule has 7 nitrogen and oxygen atoms in total. The molecule has 23 heavy (non-hydrogen) atoms. The van der Waals surface area contributed by atoms with Crippen LogP contribution in [-0.4, -0.2) is 35.8 Å². The fourth-order valence-corrected chi connectivity index (χ4v) is 4.31. The number of hydrogen-bond acceptors (Lipinski definition) is 6. The highest BCUT2D eigenvalue weighted by Crippen LogP contribution is 2.34. The summed E-state index contributed by atoms with van der Waals surface area (Å²) in [6.07, 6.45) is 1.59. The van der Waals surface area contributed by atoms with E-state index in [9.17, 15) is 18.3 Å². The van der Waals surface area contributed by atoms with Crippen LogP contribution in [-0.2, 0) is 14.8 Å². The minimum Gasteiger partial charge on any atom is -0.505 e. The fourth-order valence-electron chi connectivity index (χ4n) is 2.25. The second kappa shape index (κ2) is 5.36. The van der Waals surface area contributed by atoms with Crippen molar-refractivity contribution in [3.63, 3.8) is 0 Å². The van der Waals surface area contributed by atoms with Crippen molar-refractivity contribution in [1.82, 2.24) is 9.29 Å². The minimum atomic E-state index is -3.90. The van der Waals surface area contributed by atoms with E-state index in [1.807, 2.05) is 6.92 Å². The zero-order valence-corrected chi connectivity index (χ0v) is 13.9. The van der Waals surface area contributed by atoms with Crippen LogP contribution in [0.25, 0.3) is 5.76 Å². The number of amides is 1. The van der Waals surface area contributed by atoms with Gasteiger partial charge in [0.05, 0.1) is 4.90 Å². The number of aromatic nitrogens is 1. The van der Waals surface area contributed by atoms with Crippen LogP contribution in [0.2, 0.25) is 0 Å². The number of hydrogen-bond donors (Lipinski definition) is 2. The maximum atomic E-state index is 12.5. The molecule has 3 rings (SSSR count). The lowest BCUT2D eigenvalue weighted by Crippen LogP contribution is -2.37. The number of carbonyl (C=O) groups is 1. The predicted molar refractivity (Wildman–Crippen MR) is 87.5 cm³/mol. The predicted octanol–water partition coefficient (Wildman–Crippen LogP) is 2.06. The second-order valence-electron chi connectivity index (χ2n) is 4.90. The molecule has 9 heteroatoms. The van der Waals surface area contributed by atoms with Gasteiger partial charge in [0.1, 0.15) is 0 Å². The molecule has 1 aromatic heterocycles. The lowest BCUT2D eigenvalue weighted by atomic mass is 10.1. The van der Waals surface area contributed by atoms with Gasteiger partial charge in [0.25, 0.3) is 15.9 Å². The van der Waals surface area contributed by atoms with Crippen LogP contribution in [0.5, 0.6) is 0 Å². The Kier molecular flexibility index (Phi) is 3.61. The Morgan fingerprint density at radius 2 is 2.09 bits per heavy atom. The van der Waals surface area contributed by atoms with Crippen LogP contribution in [0.3, 0.4) is 0 Å². The third-order valence-corrected chi connectivity index (χ3v) is 6.02. The van der Waals surface area contributed by atoms with E-state index < -0.39 is 15.9 Å². The van der Waals surface area contributed by atoms with Gasteiger partial charge >= 0.3 is 1.43 Å². The van der Waals surface area contributed by atoms with Crippen LogP contribution in [0.15, 0.2) is 41.1 Å². The lowest BCUT2D eigenvalue weighted by molar-refractivity contribution is -0.113. The molecule has 120 valence electrons. The van der Waals surface area contributed by atoms with Gasteiger partial charge in [-0.05, 0) is 19.1 Å². The number of benzene rings is 1. The van der Waals surface area contributed by atoms with Gasteiger partial charge in [0.2, 0.25) is 0 Å². The topological polar surface area (TPSA) is 99.6 Å². The van der Waals surface area contributed by atoms with Crippen LogP contribution in [0, 0.1) is 6.92 Å². The summed E-state index contributed by atoms with van der Waals surface area (Å²) in [5.41, 5.74) is -0.234. The van der Waals surface area contributed by atoms with Crippen LogP contribution < -0.4 is 5.32 Å². The number of fused-ring (bicyclic) bond motifs is 1. The summed E-state index contributed by atoms with van der Waals surface area (Å²) >= 11 is 1.25. The molecule has 0 saturated carbocycles. The van der Waals surface area contributed by atoms with E-state index in [0.717, 1.165) is 9.18 Å². The molecule has 1 aromatic carbocycles. The molecule has 1 amide bonds. The summed E-state index contributed by atoms with van der Waals surface area (Å²) in [4.78, 5) is 17.3. The van der Waals surface area contributed by atoms with Gasteiger partial charge in [0, 0.05) is 23.7 Å². The van der Waals surface area contributed by atoms with Crippen LogP contribution in [0.4, 0.5) is 5.13 Å². The molecule has 0 unspecified atom stereocenters. The highest BCUT2D eigenvalue weighted by Gasteiger charge is 2.37. The molecule has 0 spiro atoms. The van der Waals surface area contributed by atoms with Gasteiger partial charge in [-0.2, -0.15) is 0 Å². The summed E-state index contributed by atoms with van der Waals surface area (Å²) < 4.78 is 25.8. The first kappa shape index (κ1) is 15.5. The van der Waals surface area contributed by atoms with Crippen molar-refractivity contribution < 1.29 is 19.7 Å². The van der Waals surface area contributed by atoms with E-state index in [2.05, 4.69) is 10.3 Å². The van der Waals surface area contributed by atoms with Crippen LogP contribution in [0.1, 0.15) is 11.9 Å². The molecule has 2 aromatic rings. The third-order valence-electron chi connectivity index (χ3n) is 3.38. The Morgan fingerprint density at radius 1 is 1.39 bits per heavy atom. The molecule has 1 aliphatic rings. The highest BCUT2D eigenvalue weighted by atomic mass is 32.2. The molecule has 0 aliphatic carbocycles. The van der Waals surface area contributed by atoms with Crippen molar-refractivity contribution in [2.24, 2.45) is 0 Å². The number of nitrogens with zero attached hydrogens (tertiary/aromatic N) is 2. The number of thiazole rings is 1. The second-order valence-corrected chi connectivity index (χ2v) is 8.07. The fraction of sp³-hybridized carbons (Fsp3) is 0.143. The Labute approximate surface area is 138 Å². The zero-order valence-electron chi connectivity index (χ0n) is 13.3. The molecule has 0 fully saturated rings. The van der Waals surface area contributed by atoms with Crippen molar-refractivity contribution in [3.05, 3.63) is 46.6 Å². The first-order valence-corrected chi connectivity index (χ1v) is 8.83. The maximum Gasteiger partial charge on any atom is 1.00 e. The SMILES string of the molecule is Cc1cnc(NC(=O)C2=C(O)c3ccccc3S(=O)(=O)N2C)s1.[H+]. The maximum absolute atomic E-state index is 12.5. The zero-order chi connectivity index (χ0) is 16.8. The summed E-state index contributed by atoms with van der Waals surface area (Å²) in [6.45, 7) is 1.83. The number of nitrogens with one attached hydrogen (secondary N) is 1. The smallest absolute Gasteiger partial charge is 0.505 e. The van der Waals surface area contributed by atoms with E-state index >= 15 is 0 Å². The Hall–Kier alpha value is -2.39. The molecule has 0 saturated heterocycles. The number of anilines is 1. The van der Waals surface area contributed by atoms with Gasteiger partial charge in [-0.1, -0.05) is 12.1 Å². The van der Waals surface area contributed by atoms with Crippen molar-refractivity contribution in [2.75, 3.05) is 12.4 Å². The Morgan fingerprint density at radius 3 is 2.74 bits per heavy atom. The molecule has 0 bridgehead atoms. The number of likely N-dealkylation sites (N-methyl/N-ethyl adjacent to an activating group) is 1. The van der Waals surface area contributed by atoms with E-state index in [-0.39, 0.29) is 23.3 Å². The standard InChI is InChI=1S/C14H13N3O4S2/c1-8-7-15-14(22-8)16-13(19)11-12(18)9-5-3-4-6-10(9)23(20,21)17(11)2/h3-7,18H,1-2H3,(H,15,16,19)/p+1. The van der Waals surface area contributed by atoms with E-state index in [4.69, 9.17) is 0 Å². The molecule has 2 N–H and O–H groups in total. The summed E-state index contributed by atoms with van der Waals surface area (Å²) in [6, 6.07) is 5.99. The monoisotopic (exact) mass is 352 g/mol. The average Bonchev–Trinajstić information content (AvgIpc) is 2.91. The number of aliphatic hydroxyl groups excluding tert-OH is 1. The van der Waals surface area contributed by atoms with Crippen LogP contribution >= 0.6 is 11.3 Å². The Bertz CT molecular complexity index is 937. The summed E-state index contributed by atoms with van der Waals surface area (Å²) in [5.74, 6) is -1.12. The van der Waals surface area contributed by atoms with Gasteiger partial charge in [-0.15, -0.1) is 11.3 Å². The number of sulfonamides is 1. The Balaban J connectivity index is 0.00000208. The van der Waals surface area contributed by atoms with Gasteiger partial charge in [-0.25, -0.2) is 13.4 Å². The molecular formula is C14H14N3O4S2+. The van der Waals surface area contributed by atoms with Gasteiger partial charge in [-0.3, -0.25) is 14.4 Å². The lowest BCUT2D eigenvalue weighted by Gasteiger charge is -2.28. The molecule has 0 radical (unpaired) electrons. The molecule has 2 heterocycles. The molecular weight excluding hydrogens is 338 g/mol. The van der Waals surface area contributed by atoms with Crippen molar-refractivity contribution >= 4 is 38.2 Å². The van der Waals surface area contributed by atoms with Crippen molar-refractivity contribution in [2.45, 2.75) is 11.8 Å². The number of rotatable bonds is 2. The normalized spacial score (nSPS) is 16.2. The quantitative estimate of drug-likeness (QED) is 0.862. The number of aryl methyl sites for hydroxylation is 1. The van der Waals surface area contributed by atoms with Gasteiger partial charge < -0.3 is 5.11 Å². The largest absolute Gasteiger partial charge is 1.00 e.